The fourth-order valence-electron chi connectivity index (χ4n) is 4.44. The van der Waals surface area contributed by atoms with E-state index in [2.05, 4.69) is 0 Å². The maximum absolute atomic E-state index is 13.7. The van der Waals surface area contributed by atoms with Gasteiger partial charge in [0.05, 0.1) is 41.1 Å². The summed E-state index contributed by atoms with van der Waals surface area (Å²) in [5.41, 5.74) is 2.72. The van der Waals surface area contributed by atoms with Crippen LogP contribution >= 0.6 is 23.2 Å². The fourth-order valence-corrected chi connectivity index (χ4v) is 4.82. The first kappa shape index (κ1) is 20.7. The predicted octanol–water partition coefficient (Wildman–Crippen LogP) is 5.33. The summed E-state index contributed by atoms with van der Waals surface area (Å²) >= 11 is 12.6. The van der Waals surface area contributed by atoms with Crippen molar-refractivity contribution in [1.82, 2.24) is 4.90 Å². The number of methoxy groups -OCH3 is 2. The molecule has 3 aromatic carbocycles. The standard InChI is InChI=1S/C24H18Cl2N2O4/c1-31-18-11-10-15-19(21(18)32-2)24(30)28-17-9-4-3-7-14(17)23(29)27(22(15)28)12-13-6-5-8-16(25)20(13)26/h3-11,22H,12H2,1-2H3. The van der Waals surface area contributed by atoms with Gasteiger partial charge in [-0.3, -0.25) is 14.5 Å². The van der Waals surface area contributed by atoms with Crippen LogP contribution in [0.4, 0.5) is 5.69 Å². The van der Waals surface area contributed by atoms with E-state index in [1.807, 2.05) is 6.07 Å². The number of amides is 2. The lowest BCUT2D eigenvalue weighted by Gasteiger charge is -2.41. The summed E-state index contributed by atoms with van der Waals surface area (Å²) in [6.45, 7) is 0.175. The molecule has 32 heavy (non-hydrogen) atoms. The van der Waals surface area contributed by atoms with Crippen molar-refractivity contribution in [2.75, 3.05) is 19.1 Å². The van der Waals surface area contributed by atoms with E-state index in [-0.39, 0.29) is 18.4 Å². The Morgan fingerprint density at radius 3 is 2.44 bits per heavy atom. The Morgan fingerprint density at radius 1 is 0.906 bits per heavy atom. The second-order valence-electron chi connectivity index (χ2n) is 7.48. The van der Waals surface area contributed by atoms with Gasteiger partial charge in [-0.1, -0.05) is 53.5 Å². The summed E-state index contributed by atoms with van der Waals surface area (Å²) in [5, 5.41) is 0.782. The molecule has 0 saturated carbocycles. The first-order valence-corrected chi connectivity index (χ1v) is 10.6. The highest BCUT2D eigenvalue weighted by molar-refractivity contribution is 6.42. The van der Waals surface area contributed by atoms with Crippen LogP contribution in [0.15, 0.2) is 54.6 Å². The average molecular weight is 469 g/mol. The number of ether oxygens (including phenoxy) is 2. The Hall–Kier alpha value is -3.22. The second kappa shape index (κ2) is 7.73. The summed E-state index contributed by atoms with van der Waals surface area (Å²) in [7, 11) is 3.01. The lowest BCUT2D eigenvalue weighted by Crippen LogP contribution is -2.47. The number of hydrogen-bond donors (Lipinski definition) is 0. The molecule has 2 heterocycles. The molecule has 1 atom stereocenters. The zero-order valence-corrected chi connectivity index (χ0v) is 18.8. The van der Waals surface area contributed by atoms with E-state index in [0.717, 1.165) is 0 Å². The molecular weight excluding hydrogens is 451 g/mol. The van der Waals surface area contributed by atoms with Gasteiger partial charge >= 0.3 is 0 Å². The Bertz CT molecular complexity index is 1280. The van der Waals surface area contributed by atoms with Crippen molar-refractivity contribution < 1.29 is 19.1 Å². The SMILES string of the molecule is COc1ccc2c(c1OC)C(=O)N1c3ccccc3C(=O)N(Cc3cccc(Cl)c3Cl)C21. The van der Waals surface area contributed by atoms with E-state index in [4.69, 9.17) is 32.7 Å². The highest BCUT2D eigenvalue weighted by Crippen LogP contribution is 2.50. The molecular formula is C24H18Cl2N2O4. The van der Waals surface area contributed by atoms with Gasteiger partial charge in [-0.2, -0.15) is 0 Å². The normalized spacial score (nSPS) is 16.6. The molecule has 8 heteroatoms. The average Bonchev–Trinajstić information content (AvgIpc) is 3.11. The molecule has 0 fully saturated rings. The first-order valence-electron chi connectivity index (χ1n) is 9.89. The van der Waals surface area contributed by atoms with Gasteiger partial charge in [-0.15, -0.1) is 0 Å². The molecule has 0 bridgehead atoms. The highest BCUT2D eigenvalue weighted by Gasteiger charge is 2.49. The van der Waals surface area contributed by atoms with Crippen LogP contribution in [0, 0.1) is 0 Å². The lowest BCUT2D eigenvalue weighted by molar-refractivity contribution is 0.0630. The van der Waals surface area contributed by atoms with Gasteiger partial charge in [0.2, 0.25) is 0 Å². The largest absolute Gasteiger partial charge is 0.493 e. The van der Waals surface area contributed by atoms with Gasteiger partial charge in [0.15, 0.2) is 11.5 Å². The predicted molar refractivity (Wildman–Crippen MR) is 122 cm³/mol. The maximum atomic E-state index is 13.7. The van der Waals surface area contributed by atoms with Crippen molar-refractivity contribution >= 4 is 40.7 Å². The molecule has 0 radical (unpaired) electrons. The number of nitrogens with zero attached hydrogens (tertiary/aromatic N) is 2. The van der Waals surface area contributed by atoms with Crippen molar-refractivity contribution in [2.45, 2.75) is 12.7 Å². The smallest absolute Gasteiger partial charge is 0.264 e. The van der Waals surface area contributed by atoms with Gasteiger partial charge in [-0.05, 0) is 29.8 Å². The molecule has 1 unspecified atom stereocenters. The summed E-state index contributed by atoms with van der Waals surface area (Å²) in [4.78, 5) is 30.5. The molecule has 3 aromatic rings. The van der Waals surface area contributed by atoms with Crippen LogP contribution in [0.25, 0.3) is 0 Å². The molecule has 5 rings (SSSR count). The van der Waals surface area contributed by atoms with E-state index in [0.29, 0.717) is 49.5 Å². The molecule has 0 aliphatic carbocycles. The van der Waals surface area contributed by atoms with E-state index in [1.165, 1.54) is 14.2 Å². The minimum atomic E-state index is -0.658. The third kappa shape index (κ3) is 2.87. The van der Waals surface area contributed by atoms with E-state index in [1.54, 1.807) is 58.3 Å². The number of para-hydroxylation sites is 1. The number of fused-ring (bicyclic) bond motifs is 5. The molecule has 0 aromatic heterocycles. The number of carbonyl (C=O) groups excluding carboxylic acids is 2. The molecule has 2 aliphatic rings. The zero-order chi connectivity index (χ0) is 22.6. The van der Waals surface area contributed by atoms with Gasteiger partial charge in [-0.25, -0.2) is 0 Å². The van der Waals surface area contributed by atoms with Gasteiger partial charge < -0.3 is 14.4 Å². The van der Waals surface area contributed by atoms with Crippen LogP contribution in [-0.4, -0.2) is 30.9 Å². The molecule has 6 nitrogen and oxygen atoms in total. The Kier molecular flexibility index (Phi) is 4.99. The third-order valence-electron chi connectivity index (χ3n) is 5.86. The second-order valence-corrected chi connectivity index (χ2v) is 8.26. The lowest BCUT2D eigenvalue weighted by atomic mass is 10.0. The molecule has 162 valence electrons. The van der Waals surface area contributed by atoms with Gasteiger partial charge in [0, 0.05) is 12.1 Å². The van der Waals surface area contributed by atoms with E-state index >= 15 is 0 Å². The van der Waals surface area contributed by atoms with Gasteiger partial charge in [0.1, 0.15) is 6.17 Å². The van der Waals surface area contributed by atoms with Crippen molar-refractivity contribution in [2.24, 2.45) is 0 Å². The molecule has 0 spiro atoms. The minimum absolute atomic E-state index is 0.175. The van der Waals surface area contributed by atoms with Crippen molar-refractivity contribution in [3.8, 4) is 11.5 Å². The summed E-state index contributed by atoms with van der Waals surface area (Å²) in [5.74, 6) is 0.329. The van der Waals surface area contributed by atoms with Crippen LogP contribution in [0.5, 0.6) is 11.5 Å². The summed E-state index contributed by atoms with van der Waals surface area (Å²) in [6.07, 6.45) is -0.658. The van der Waals surface area contributed by atoms with Gasteiger partial charge in [0.25, 0.3) is 11.8 Å². The Morgan fingerprint density at radius 2 is 1.69 bits per heavy atom. The molecule has 0 N–H and O–H groups in total. The van der Waals surface area contributed by atoms with Crippen molar-refractivity contribution in [3.63, 3.8) is 0 Å². The van der Waals surface area contributed by atoms with Crippen molar-refractivity contribution in [1.29, 1.82) is 0 Å². The molecule has 0 saturated heterocycles. The molecule has 2 aliphatic heterocycles. The Labute approximate surface area is 194 Å². The Balaban J connectivity index is 1.73. The van der Waals surface area contributed by atoms with Crippen LogP contribution in [0.3, 0.4) is 0 Å². The zero-order valence-electron chi connectivity index (χ0n) is 17.3. The van der Waals surface area contributed by atoms with Crippen LogP contribution in [0.2, 0.25) is 10.0 Å². The fraction of sp³-hybridized carbons (Fsp3) is 0.167. The molecule has 2 amide bonds. The van der Waals surface area contributed by atoms with Crippen LogP contribution < -0.4 is 14.4 Å². The first-order chi connectivity index (χ1) is 15.5. The minimum Gasteiger partial charge on any atom is -0.493 e. The highest BCUT2D eigenvalue weighted by atomic mass is 35.5. The number of hydrogen-bond acceptors (Lipinski definition) is 4. The quantitative estimate of drug-likeness (QED) is 0.519. The van der Waals surface area contributed by atoms with Crippen LogP contribution in [-0.2, 0) is 6.54 Å². The third-order valence-corrected chi connectivity index (χ3v) is 6.71. The maximum Gasteiger partial charge on any atom is 0.264 e. The summed E-state index contributed by atoms with van der Waals surface area (Å²) < 4.78 is 10.9. The number of benzene rings is 3. The number of carbonyl (C=O) groups is 2. The monoisotopic (exact) mass is 468 g/mol. The van der Waals surface area contributed by atoms with E-state index in [9.17, 15) is 9.59 Å². The number of halogens is 2. The summed E-state index contributed by atoms with van der Waals surface area (Å²) in [6, 6.07) is 15.9. The number of rotatable bonds is 4. The number of anilines is 1. The van der Waals surface area contributed by atoms with Crippen molar-refractivity contribution in [3.05, 3.63) is 86.9 Å². The topological polar surface area (TPSA) is 59.1 Å². The van der Waals surface area contributed by atoms with E-state index < -0.39 is 6.17 Å². The van der Waals surface area contributed by atoms with Crippen LogP contribution in [0.1, 0.15) is 38.0 Å².